The van der Waals surface area contributed by atoms with Crippen molar-refractivity contribution in [3.63, 3.8) is 0 Å². The van der Waals surface area contributed by atoms with Crippen LogP contribution in [-0.2, 0) is 0 Å². The van der Waals surface area contributed by atoms with Gasteiger partial charge in [-0.05, 0) is 49.0 Å². The molecule has 0 fully saturated rings. The molecule has 0 saturated heterocycles. The summed E-state index contributed by atoms with van der Waals surface area (Å²) in [7, 11) is 0. The minimum Gasteiger partial charge on any atom is -0.386 e. The summed E-state index contributed by atoms with van der Waals surface area (Å²) in [4.78, 5) is 0. The van der Waals surface area contributed by atoms with Gasteiger partial charge in [0.1, 0.15) is 0 Å². The second-order valence-electron chi connectivity index (χ2n) is 7.60. The number of aryl methyl sites for hydroxylation is 1. The van der Waals surface area contributed by atoms with Crippen molar-refractivity contribution in [2.45, 2.75) is 60.3 Å². The van der Waals surface area contributed by atoms with Gasteiger partial charge in [0.05, 0.1) is 0 Å². The summed E-state index contributed by atoms with van der Waals surface area (Å²) in [6, 6.07) is 6.64. The van der Waals surface area contributed by atoms with Crippen molar-refractivity contribution in [2.75, 3.05) is 13.1 Å². The van der Waals surface area contributed by atoms with Crippen molar-refractivity contribution in [1.29, 1.82) is 0 Å². The fraction of sp³-hybridized carbons (Fsp3) is 0.462. The largest absolute Gasteiger partial charge is 0.386 e. The van der Waals surface area contributed by atoms with E-state index in [2.05, 4.69) is 94.8 Å². The van der Waals surface area contributed by atoms with Crippen LogP contribution in [0.15, 0.2) is 55.3 Å². The summed E-state index contributed by atoms with van der Waals surface area (Å²) in [5.74, 6) is 0.506. The van der Waals surface area contributed by atoms with Gasteiger partial charge >= 0.3 is 0 Å². The van der Waals surface area contributed by atoms with Gasteiger partial charge in [-0.15, -0.1) is 0 Å². The van der Waals surface area contributed by atoms with E-state index in [9.17, 15) is 0 Å². The van der Waals surface area contributed by atoms with E-state index >= 15 is 0 Å². The summed E-state index contributed by atoms with van der Waals surface area (Å²) < 4.78 is 0. The molecule has 154 valence electrons. The van der Waals surface area contributed by atoms with Gasteiger partial charge in [0.25, 0.3) is 0 Å². The van der Waals surface area contributed by atoms with Crippen LogP contribution in [0.5, 0.6) is 0 Å². The van der Waals surface area contributed by atoms with E-state index in [-0.39, 0.29) is 0 Å². The molecule has 0 spiro atoms. The first kappa shape index (κ1) is 23.8. The van der Waals surface area contributed by atoms with Gasteiger partial charge in [-0.2, -0.15) is 0 Å². The number of allylic oxidation sites excluding steroid dienone is 4. The Balaban J connectivity index is 3.25. The molecule has 1 aromatic rings. The van der Waals surface area contributed by atoms with E-state index in [4.69, 9.17) is 0 Å². The third kappa shape index (κ3) is 8.21. The zero-order valence-corrected chi connectivity index (χ0v) is 18.7. The smallest absolute Gasteiger partial charge is 0.0347 e. The quantitative estimate of drug-likeness (QED) is 0.289. The summed E-state index contributed by atoms with van der Waals surface area (Å²) in [5, 5.41) is 6.86. The summed E-state index contributed by atoms with van der Waals surface area (Å²) in [6.07, 6.45) is 11.2. The van der Waals surface area contributed by atoms with Gasteiger partial charge in [-0.3, -0.25) is 0 Å². The number of rotatable bonds is 13. The number of nitrogens with one attached hydrogen (secondary N) is 2. The molecule has 1 aromatic carbocycles. The van der Waals surface area contributed by atoms with Gasteiger partial charge < -0.3 is 10.6 Å². The van der Waals surface area contributed by atoms with E-state index < -0.39 is 0 Å². The Morgan fingerprint density at radius 3 is 2.39 bits per heavy atom. The molecule has 1 atom stereocenters. The molecule has 0 aliphatic heterocycles. The predicted molar refractivity (Wildman–Crippen MR) is 127 cm³/mol. The normalized spacial score (nSPS) is 12.8. The highest BCUT2D eigenvalue weighted by Crippen LogP contribution is 2.28. The van der Waals surface area contributed by atoms with Crippen molar-refractivity contribution in [3.05, 3.63) is 72.0 Å². The maximum Gasteiger partial charge on any atom is 0.0347 e. The third-order valence-electron chi connectivity index (χ3n) is 4.85. The van der Waals surface area contributed by atoms with Crippen LogP contribution in [0.3, 0.4) is 0 Å². The average Bonchev–Trinajstić information content (AvgIpc) is 2.69. The van der Waals surface area contributed by atoms with Gasteiger partial charge in [0.15, 0.2) is 0 Å². The second kappa shape index (κ2) is 13.0. The van der Waals surface area contributed by atoms with Crippen LogP contribution in [0.2, 0.25) is 0 Å². The Kier molecular flexibility index (Phi) is 11.1. The summed E-state index contributed by atoms with van der Waals surface area (Å²) in [6.45, 7) is 21.3. The first-order valence-electron chi connectivity index (χ1n) is 10.8. The molecule has 0 saturated carbocycles. The van der Waals surface area contributed by atoms with Gasteiger partial charge in [0, 0.05) is 30.0 Å². The van der Waals surface area contributed by atoms with Crippen LogP contribution < -0.4 is 10.6 Å². The molecular weight excluding hydrogens is 340 g/mol. The third-order valence-corrected chi connectivity index (χ3v) is 4.85. The van der Waals surface area contributed by atoms with E-state index in [1.54, 1.807) is 0 Å². The topological polar surface area (TPSA) is 24.1 Å². The van der Waals surface area contributed by atoms with Gasteiger partial charge in [-0.1, -0.05) is 83.5 Å². The lowest BCUT2D eigenvalue weighted by Crippen LogP contribution is -2.14. The molecule has 2 nitrogen and oxygen atoms in total. The fourth-order valence-corrected chi connectivity index (χ4v) is 2.87. The molecule has 0 aliphatic carbocycles. The van der Waals surface area contributed by atoms with Gasteiger partial charge in [-0.25, -0.2) is 0 Å². The zero-order valence-electron chi connectivity index (χ0n) is 18.7. The minimum atomic E-state index is 0.506. The first-order chi connectivity index (χ1) is 13.4. The minimum absolute atomic E-state index is 0.506. The molecule has 0 radical (unpaired) electrons. The van der Waals surface area contributed by atoms with Crippen LogP contribution in [0.1, 0.15) is 70.1 Å². The SMILES string of the molecule is C=C(/C=C\C(=C/C(C)CC)c1ccc(C)cc1C(=C)NCCCC)NCCC. The zero-order chi connectivity index (χ0) is 20.9. The maximum absolute atomic E-state index is 4.32. The first-order valence-corrected chi connectivity index (χ1v) is 10.8. The molecule has 0 bridgehead atoms. The Hall–Kier alpha value is -2.22. The van der Waals surface area contributed by atoms with Crippen molar-refractivity contribution in [3.8, 4) is 0 Å². The Labute approximate surface area is 173 Å². The Bertz CT molecular complexity index is 694. The Morgan fingerprint density at radius 2 is 1.75 bits per heavy atom. The van der Waals surface area contributed by atoms with Crippen molar-refractivity contribution in [1.82, 2.24) is 10.6 Å². The average molecular weight is 381 g/mol. The molecule has 1 unspecified atom stereocenters. The van der Waals surface area contributed by atoms with Crippen LogP contribution >= 0.6 is 0 Å². The highest BCUT2D eigenvalue weighted by molar-refractivity contribution is 5.83. The fourth-order valence-electron chi connectivity index (χ4n) is 2.87. The lowest BCUT2D eigenvalue weighted by Gasteiger charge is -2.17. The lowest BCUT2D eigenvalue weighted by atomic mass is 9.92. The number of unbranched alkanes of at least 4 members (excludes halogenated alkanes) is 1. The number of benzene rings is 1. The molecule has 2 N–H and O–H groups in total. The predicted octanol–water partition coefficient (Wildman–Crippen LogP) is 6.85. The molecule has 2 heteroatoms. The van der Waals surface area contributed by atoms with Crippen LogP contribution in [0.25, 0.3) is 11.3 Å². The highest BCUT2D eigenvalue weighted by atomic mass is 14.9. The lowest BCUT2D eigenvalue weighted by molar-refractivity contribution is 0.700. The van der Waals surface area contributed by atoms with Crippen LogP contribution in [-0.4, -0.2) is 13.1 Å². The molecule has 1 rings (SSSR count). The molecule has 0 amide bonds. The summed E-state index contributed by atoms with van der Waals surface area (Å²) >= 11 is 0. The van der Waals surface area contributed by atoms with Crippen LogP contribution in [0.4, 0.5) is 0 Å². The maximum atomic E-state index is 4.32. The second-order valence-corrected chi connectivity index (χ2v) is 7.60. The van der Waals surface area contributed by atoms with Crippen molar-refractivity contribution in [2.24, 2.45) is 5.92 Å². The Morgan fingerprint density at radius 1 is 1.00 bits per heavy atom. The molecule has 0 aliphatic rings. The van der Waals surface area contributed by atoms with Crippen molar-refractivity contribution >= 4 is 11.3 Å². The monoisotopic (exact) mass is 380 g/mol. The summed E-state index contributed by atoms with van der Waals surface area (Å²) in [5.41, 5.74) is 6.83. The van der Waals surface area contributed by atoms with E-state index in [1.165, 1.54) is 28.7 Å². The number of hydrogen-bond acceptors (Lipinski definition) is 2. The molecule has 0 heterocycles. The van der Waals surface area contributed by atoms with E-state index in [1.807, 2.05) is 0 Å². The van der Waals surface area contributed by atoms with E-state index in [0.717, 1.165) is 43.7 Å². The molecular formula is C26H40N2. The highest BCUT2D eigenvalue weighted by Gasteiger charge is 2.10. The van der Waals surface area contributed by atoms with Crippen molar-refractivity contribution < 1.29 is 0 Å². The van der Waals surface area contributed by atoms with Crippen LogP contribution in [0, 0.1) is 12.8 Å². The molecule has 0 aromatic heterocycles. The molecule has 28 heavy (non-hydrogen) atoms. The van der Waals surface area contributed by atoms with E-state index in [0.29, 0.717) is 5.92 Å². The van der Waals surface area contributed by atoms with Gasteiger partial charge in [0.2, 0.25) is 0 Å². The standard InChI is InChI=1S/C26H40N2/c1-8-11-17-28-23(7)26-19-21(5)12-15-25(26)24(18-20(4)10-3)14-13-22(6)27-16-9-2/h12-15,18-20,27-28H,6-11,16-17H2,1-5H3/b14-13-,24-18+. The number of hydrogen-bond donors (Lipinski definition) is 2.